The molecule has 0 N–H and O–H groups in total. The van der Waals surface area contributed by atoms with Gasteiger partial charge >= 0.3 is 6.61 Å². The van der Waals surface area contributed by atoms with Gasteiger partial charge in [0, 0.05) is 12.1 Å². The van der Waals surface area contributed by atoms with Gasteiger partial charge in [0.1, 0.15) is 5.75 Å². The first-order valence-corrected chi connectivity index (χ1v) is 4.04. The maximum atomic E-state index is 11.9. The molecule has 1 radical (unpaired) electrons. The Kier molecular flexibility index (Phi) is 2.32. The third-order valence-electron chi connectivity index (χ3n) is 1.71. The van der Waals surface area contributed by atoms with Crippen molar-refractivity contribution < 1.29 is 18.3 Å². The van der Waals surface area contributed by atoms with E-state index in [1.54, 1.807) is 0 Å². The third-order valence-corrected chi connectivity index (χ3v) is 1.71. The van der Waals surface area contributed by atoms with Crippen molar-refractivity contribution in [3.63, 3.8) is 0 Å². The predicted octanol–water partition coefficient (Wildman–Crippen LogP) is 1.47. The molecule has 0 fully saturated rings. The van der Waals surface area contributed by atoms with Gasteiger partial charge < -0.3 is 4.74 Å². The third kappa shape index (κ3) is 2.09. The molecule has 4 nitrogen and oxygen atoms in total. The summed E-state index contributed by atoms with van der Waals surface area (Å²) in [6, 6.07) is 1.25. The fourth-order valence-corrected chi connectivity index (χ4v) is 1.14. The first-order valence-electron chi connectivity index (χ1n) is 4.04. The van der Waals surface area contributed by atoms with Crippen LogP contribution in [0.4, 0.5) is 14.5 Å². The van der Waals surface area contributed by atoms with Crippen molar-refractivity contribution in [1.29, 1.82) is 0 Å². The number of halogens is 2. The molecule has 1 amide bonds. The Labute approximate surface area is 83.6 Å². The molecule has 77 valence electrons. The van der Waals surface area contributed by atoms with Gasteiger partial charge in [-0.1, -0.05) is 0 Å². The summed E-state index contributed by atoms with van der Waals surface area (Å²) < 4.78 is 27.9. The zero-order valence-electron chi connectivity index (χ0n) is 7.35. The van der Waals surface area contributed by atoms with Gasteiger partial charge in [0.15, 0.2) is 0 Å². The van der Waals surface area contributed by atoms with E-state index < -0.39 is 12.5 Å². The molecule has 0 saturated carbocycles. The fraction of sp³-hybridized carbons (Fsp3) is 0.111. The van der Waals surface area contributed by atoms with E-state index in [2.05, 4.69) is 15.0 Å². The zero-order valence-corrected chi connectivity index (χ0v) is 7.35. The largest absolute Gasteiger partial charge is 0.433 e. The van der Waals surface area contributed by atoms with Gasteiger partial charge in [0.25, 0.3) is 5.91 Å². The molecule has 0 atom stereocenters. The van der Waals surface area contributed by atoms with Crippen molar-refractivity contribution in [1.82, 2.24) is 10.3 Å². The van der Waals surface area contributed by atoms with Crippen molar-refractivity contribution in [2.24, 2.45) is 0 Å². The van der Waals surface area contributed by atoms with E-state index in [1.165, 1.54) is 18.2 Å². The molecule has 0 aliphatic carbocycles. The molecule has 1 aliphatic rings. The summed E-state index contributed by atoms with van der Waals surface area (Å²) in [4.78, 5) is 14.7. The summed E-state index contributed by atoms with van der Waals surface area (Å²) in [7, 11) is 0. The number of pyridine rings is 1. The van der Waals surface area contributed by atoms with Crippen LogP contribution in [-0.4, -0.2) is 17.5 Å². The average Bonchev–Trinajstić information content (AvgIpc) is 2.16. The standard InChI is InChI=1S/C9H5F2N2O2/c10-9(11)15-5-3-7-6(12-4-5)1-2-8(14)13-7/h1-4,9H. The number of hydrogen-bond donors (Lipinski definition) is 0. The molecule has 0 unspecified atom stereocenters. The second-order valence-electron chi connectivity index (χ2n) is 2.74. The smallest absolute Gasteiger partial charge is 0.387 e. The summed E-state index contributed by atoms with van der Waals surface area (Å²) >= 11 is 0. The lowest BCUT2D eigenvalue weighted by Gasteiger charge is -2.10. The highest BCUT2D eigenvalue weighted by atomic mass is 19.3. The van der Waals surface area contributed by atoms with Crippen LogP contribution in [0, 0.1) is 0 Å². The fourth-order valence-electron chi connectivity index (χ4n) is 1.14. The molecule has 0 saturated heterocycles. The molecule has 1 aromatic heterocycles. The molecule has 1 aromatic rings. The second-order valence-corrected chi connectivity index (χ2v) is 2.74. The van der Waals surface area contributed by atoms with E-state index in [0.717, 1.165) is 6.20 Å². The van der Waals surface area contributed by atoms with Crippen LogP contribution in [-0.2, 0) is 4.79 Å². The molecule has 0 aromatic carbocycles. The molecule has 2 heterocycles. The monoisotopic (exact) mass is 211 g/mol. The average molecular weight is 211 g/mol. The van der Waals surface area contributed by atoms with Crippen LogP contribution in [0.1, 0.15) is 5.69 Å². The van der Waals surface area contributed by atoms with Gasteiger partial charge in [0.2, 0.25) is 0 Å². The topological polar surface area (TPSA) is 53.3 Å². The summed E-state index contributed by atoms with van der Waals surface area (Å²) in [6.07, 6.45) is 3.88. The first kappa shape index (κ1) is 9.57. The molecule has 6 heteroatoms. The highest BCUT2D eigenvalue weighted by Crippen LogP contribution is 2.24. The van der Waals surface area contributed by atoms with Crippen LogP contribution in [0.25, 0.3) is 6.08 Å². The van der Waals surface area contributed by atoms with Gasteiger partial charge in [-0.25, -0.2) is 5.32 Å². The number of nitrogens with zero attached hydrogens (tertiary/aromatic N) is 2. The lowest BCUT2D eigenvalue weighted by atomic mass is 10.2. The minimum atomic E-state index is -2.92. The van der Waals surface area contributed by atoms with Crippen LogP contribution < -0.4 is 10.1 Å². The van der Waals surface area contributed by atoms with Gasteiger partial charge in [-0.15, -0.1) is 0 Å². The van der Waals surface area contributed by atoms with E-state index >= 15 is 0 Å². The van der Waals surface area contributed by atoms with Crippen molar-refractivity contribution in [3.8, 4) is 5.75 Å². The number of aromatic nitrogens is 1. The van der Waals surface area contributed by atoms with Crippen molar-refractivity contribution in [2.75, 3.05) is 0 Å². The highest BCUT2D eigenvalue weighted by Gasteiger charge is 2.14. The van der Waals surface area contributed by atoms with Crippen LogP contribution in [0.15, 0.2) is 18.3 Å². The van der Waals surface area contributed by atoms with E-state index in [0.29, 0.717) is 5.69 Å². The number of fused-ring (bicyclic) bond motifs is 1. The van der Waals surface area contributed by atoms with E-state index in [4.69, 9.17) is 0 Å². The molecule has 0 spiro atoms. The Bertz CT molecular complexity index is 432. The Hall–Kier alpha value is -1.98. The van der Waals surface area contributed by atoms with Crippen molar-refractivity contribution >= 4 is 17.7 Å². The van der Waals surface area contributed by atoms with Gasteiger partial charge in [0.05, 0.1) is 17.6 Å². The zero-order chi connectivity index (χ0) is 10.8. The van der Waals surface area contributed by atoms with Crippen LogP contribution in [0.5, 0.6) is 5.75 Å². The molecule has 2 rings (SSSR count). The van der Waals surface area contributed by atoms with Gasteiger partial charge in [-0.2, -0.15) is 8.78 Å². The van der Waals surface area contributed by atoms with Crippen LogP contribution >= 0.6 is 0 Å². The minimum Gasteiger partial charge on any atom is -0.433 e. The minimum absolute atomic E-state index is 0.115. The lowest BCUT2D eigenvalue weighted by molar-refractivity contribution is -0.115. The predicted molar refractivity (Wildman–Crippen MR) is 46.7 cm³/mol. The molecule has 0 bridgehead atoms. The Morgan fingerprint density at radius 3 is 2.87 bits per heavy atom. The summed E-state index contributed by atoms with van der Waals surface area (Å²) in [6.45, 7) is -2.92. The van der Waals surface area contributed by atoms with Crippen molar-refractivity contribution in [2.45, 2.75) is 6.61 Å². The van der Waals surface area contributed by atoms with Gasteiger partial charge in [-0.3, -0.25) is 9.78 Å². The SMILES string of the molecule is O=C1C=Cc2ncc(OC(F)F)cc2[N]1. The van der Waals surface area contributed by atoms with E-state index in [-0.39, 0.29) is 11.4 Å². The molecular weight excluding hydrogens is 206 g/mol. The number of amides is 1. The summed E-state index contributed by atoms with van der Waals surface area (Å²) in [5.41, 5.74) is 0.692. The van der Waals surface area contributed by atoms with Gasteiger partial charge in [-0.05, 0) is 6.08 Å². The summed E-state index contributed by atoms with van der Waals surface area (Å²) in [5.74, 6) is -0.561. The number of hydrogen-bond acceptors (Lipinski definition) is 3. The Morgan fingerprint density at radius 2 is 2.13 bits per heavy atom. The van der Waals surface area contributed by atoms with E-state index in [1.807, 2.05) is 0 Å². The summed E-state index contributed by atoms with van der Waals surface area (Å²) in [5, 5.41) is 3.60. The number of alkyl halides is 2. The molecular formula is C9H5F2N2O2. The van der Waals surface area contributed by atoms with Crippen molar-refractivity contribution in [3.05, 3.63) is 24.0 Å². The Balaban J connectivity index is 2.30. The second kappa shape index (κ2) is 3.64. The number of carbonyl (C=O) groups is 1. The van der Waals surface area contributed by atoms with E-state index in [9.17, 15) is 13.6 Å². The first-order chi connectivity index (χ1) is 7.15. The lowest BCUT2D eigenvalue weighted by Crippen LogP contribution is -2.12. The maximum Gasteiger partial charge on any atom is 0.387 e. The number of ether oxygens (including phenoxy) is 1. The Morgan fingerprint density at radius 1 is 1.33 bits per heavy atom. The number of carbonyl (C=O) groups excluding carboxylic acids is 1. The highest BCUT2D eigenvalue weighted by molar-refractivity contribution is 5.98. The molecule has 15 heavy (non-hydrogen) atoms. The maximum absolute atomic E-state index is 11.9. The normalized spacial score (nSPS) is 13.7. The molecule has 1 aliphatic heterocycles. The number of rotatable bonds is 2. The van der Waals surface area contributed by atoms with Crippen LogP contribution in [0.3, 0.4) is 0 Å². The van der Waals surface area contributed by atoms with Crippen LogP contribution in [0.2, 0.25) is 0 Å². The quantitative estimate of drug-likeness (QED) is 0.744.